The predicted octanol–water partition coefficient (Wildman–Crippen LogP) is 3.64. The second-order valence-electron chi connectivity index (χ2n) is 4.86. The Hall–Kier alpha value is -1.76. The molecule has 0 heterocycles. The molecule has 2 aromatic carbocycles. The Kier molecular flexibility index (Phi) is 5.19. The fraction of sp³-hybridized carbons (Fsp3) is 0.133. The largest absolute Gasteiger partial charge is 0.322 e. The zero-order valence-electron chi connectivity index (χ0n) is 12.4. The van der Waals surface area contributed by atoms with E-state index in [-0.39, 0.29) is 10.6 Å². The molecule has 23 heavy (non-hydrogen) atoms. The van der Waals surface area contributed by atoms with E-state index in [2.05, 4.69) is 5.32 Å². The fourth-order valence-corrected chi connectivity index (χ4v) is 2.63. The van der Waals surface area contributed by atoms with Crippen LogP contribution in [0.25, 0.3) is 0 Å². The number of amides is 1. The number of benzene rings is 2. The third-order valence-corrected chi connectivity index (χ3v) is 4.95. The van der Waals surface area contributed by atoms with Gasteiger partial charge in [-0.2, -0.15) is 0 Å². The van der Waals surface area contributed by atoms with E-state index in [9.17, 15) is 13.2 Å². The minimum absolute atomic E-state index is 0.176. The van der Waals surface area contributed by atoms with Crippen LogP contribution < -0.4 is 9.62 Å². The van der Waals surface area contributed by atoms with Gasteiger partial charge < -0.3 is 5.32 Å². The highest BCUT2D eigenvalue weighted by molar-refractivity contribution is 7.92. The van der Waals surface area contributed by atoms with Crippen molar-refractivity contribution in [2.45, 2.75) is 0 Å². The number of nitrogens with zero attached hydrogens (tertiary/aromatic N) is 1. The molecule has 0 aliphatic heterocycles. The highest BCUT2D eigenvalue weighted by atomic mass is 35.5. The molecule has 0 radical (unpaired) electrons. The Balaban J connectivity index is 2.31. The Morgan fingerprint density at radius 2 is 1.70 bits per heavy atom. The van der Waals surface area contributed by atoms with Gasteiger partial charge in [0.15, 0.2) is 0 Å². The second kappa shape index (κ2) is 6.78. The van der Waals surface area contributed by atoms with Crippen LogP contribution in [0.1, 0.15) is 10.4 Å². The Labute approximate surface area is 144 Å². The maximum absolute atomic E-state index is 12.3. The summed E-state index contributed by atoms with van der Waals surface area (Å²) in [6, 6.07) is 11.0. The molecule has 2 aromatic rings. The summed E-state index contributed by atoms with van der Waals surface area (Å²) in [5.41, 5.74) is 1.07. The molecule has 0 atom stereocenters. The smallest absolute Gasteiger partial charge is 0.257 e. The summed E-state index contributed by atoms with van der Waals surface area (Å²) in [4.78, 5) is 12.3. The quantitative estimate of drug-likeness (QED) is 0.890. The first-order chi connectivity index (χ1) is 10.7. The van der Waals surface area contributed by atoms with E-state index < -0.39 is 15.9 Å². The molecule has 0 bridgehead atoms. The van der Waals surface area contributed by atoms with Crippen LogP contribution in [-0.4, -0.2) is 27.6 Å². The predicted molar refractivity (Wildman–Crippen MR) is 94.1 cm³/mol. The van der Waals surface area contributed by atoms with E-state index in [0.29, 0.717) is 16.4 Å². The van der Waals surface area contributed by atoms with Crippen LogP contribution in [0.2, 0.25) is 10.0 Å². The molecule has 0 spiro atoms. The molecule has 2 rings (SSSR count). The van der Waals surface area contributed by atoms with Crippen molar-refractivity contribution >= 4 is 50.5 Å². The van der Waals surface area contributed by atoms with Gasteiger partial charge in [0, 0.05) is 17.8 Å². The molecule has 0 fully saturated rings. The lowest BCUT2D eigenvalue weighted by molar-refractivity contribution is 0.102. The normalized spacial score (nSPS) is 11.1. The summed E-state index contributed by atoms with van der Waals surface area (Å²) in [5, 5.41) is 3.46. The van der Waals surface area contributed by atoms with Crippen molar-refractivity contribution in [3.8, 4) is 0 Å². The van der Waals surface area contributed by atoms with Gasteiger partial charge in [-0.1, -0.05) is 23.2 Å². The lowest BCUT2D eigenvalue weighted by atomic mass is 10.1. The minimum Gasteiger partial charge on any atom is -0.322 e. The third-order valence-electron chi connectivity index (χ3n) is 3.16. The van der Waals surface area contributed by atoms with Gasteiger partial charge in [0.05, 0.1) is 22.5 Å². The molecule has 0 aliphatic carbocycles. The van der Waals surface area contributed by atoms with E-state index in [1.807, 2.05) is 0 Å². The van der Waals surface area contributed by atoms with Crippen molar-refractivity contribution in [3.63, 3.8) is 0 Å². The molecule has 0 saturated carbocycles. The first kappa shape index (κ1) is 17.6. The van der Waals surface area contributed by atoms with Gasteiger partial charge in [0.1, 0.15) is 0 Å². The van der Waals surface area contributed by atoms with E-state index in [1.165, 1.54) is 25.2 Å². The van der Waals surface area contributed by atoms with Gasteiger partial charge in [-0.3, -0.25) is 9.10 Å². The average Bonchev–Trinajstić information content (AvgIpc) is 2.48. The number of sulfonamides is 1. The van der Waals surface area contributed by atoms with Crippen LogP contribution >= 0.6 is 23.2 Å². The summed E-state index contributed by atoms with van der Waals surface area (Å²) in [6.07, 6.45) is 1.08. The summed E-state index contributed by atoms with van der Waals surface area (Å²) in [7, 11) is -2.03. The highest BCUT2D eigenvalue weighted by Crippen LogP contribution is 2.25. The van der Waals surface area contributed by atoms with Gasteiger partial charge in [-0.05, 0) is 42.5 Å². The average molecular weight is 373 g/mol. The summed E-state index contributed by atoms with van der Waals surface area (Å²) in [6.45, 7) is 0. The van der Waals surface area contributed by atoms with Crippen LogP contribution in [0.4, 0.5) is 11.4 Å². The number of rotatable bonds is 4. The molecule has 0 unspecified atom stereocenters. The Morgan fingerprint density at radius 3 is 2.26 bits per heavy atom. The van der Waals surface area contributed by atoms with Crippen LogP contribution in [0.3, 0.4) is 0 Å². The van der Waals surface area contributed by atoms with Crippen molar-refractivity contribution in [1.29, 1.82) is 0 Å². The monoisotopic (exact) mass is 372 g/mol. The number of hydrogen-bond acceptors (Lipinski definition) is 3. The molecule has 1 amide bonds. The first-order valence-electron chi connectivity index (χ1n) is 6.49. The lowest BCUT2D eigenvalue weighted by Crippen LogP contribution is -2.25. The van der Waals surface area contributed by atoms with Gasteiger partial charge in [-0.25, -0.2) is 8.42 Å². The van der Waals surface area contributed by atoms with E-state index >= 15 is 0 Å². The minimum atomic E-state index is -3.43. The molecular weight excluding hydrogens is 359 g/mol. The Morgan fingerprint density at radius 1 is 1.09 bits per heavy atom. The topological polar surface area (TPSA) is 66.5 Å². The van der Waals surface area contributed by atoms with Gasteiger partial charge in [0.2, 0.25) is 10.0 Å². The van der Waals surface area contributed by atoms with Crippen molar-refractivity contribution in [2.24, 2.45) is 0 Å². The number of hydrogen-bond donors (Lipinski definition) is 1. The summed E-state index contributed by atoms with van der Waals surface area (Å²) >= 11 is 11.8. The van der Waals surface area contributed by atoms with Crippen LogP contribution in [-0.2, 0) is 10.0 Å². The first-order valence-corrected chi connectivity index (χ1v) is 9.09. The van der Waals surface area contributed by atoms with Crippen molar-refractivity contribution in [1.82, 2.24) is 0 Å². The Bertz CT molecular complexity index is 836. The van der Waals surface area contributed by atoms with Gasteiger partial charge in [0.25, 0.3) is 5.91 Å². The van der Waals surface area contributed by atoms with Crippen LogP contribution in [0.5, 0.6) is 0 Å². The van der Waals surface area contributed by atoms with E-state index in [4.69, 9.17) is 23.2 Å². The van der Waals surface area contributed by atoms with Crippen LogP contribution in [0.15, 0.2) is 42.5 Å². The van der Waals surface area contributed by atoms with Crippen molar-refractivity contribution in [2.75, 3.05) is 22.9 Å². The molecule has 1 N–H and O–H groups in total. The second-order valence-corrected chi connectivity index (χ2v) is 7.71. The molecule has 5 nitrogen and oxygen atoms in total. The summed E-state index contributed by atoms with van der Waals surface area (Å²) in [5.74, 6) is -0.443. The standard InChI is InChI=1S/C15H14Cl2N2O3S/c1-19(23(2,21)22)12-7-8-14(17)13(9-12)15(20)18-11-5-3-10(16)4-6-11/h3-9H,1-2H3,(H,18,20). The molecule has 0 saturated heterocycles. The van der Waals surface area contributed by atoms with Crippen LogP contribution in [0, 0.1) is 0 Å². The fourth-order valence-electron chi connectivity index (χ4n) is 1.81. The van der Waals surface area contributed by atoms with Gasteiger partial charge in [-0.15, -0.1) is 0 Å². The third kappa shape index (κ3) is 4.37. The molecule has 0 aliphatic rings. The zero-order valence-corrected chi connectivity index (χ0v) is 14.7. The maximum Gasteiger partial charge on any atom is 0.257 e. The highest BCUT2D eigenvalue weighted by Gasteiger charge is 2.17. The molecule has 0 aromatic heterocycles. The number of nitrogens with one attached hydrogen (secondary N) is 1. The number of carbonyl (C=O) groups excluding carboxylic acids is 1. The molecule has 122 valence electrons. The maximum atomic E-state index is 12.3. The number of anilines is 2. The number of carbonyl (C=O) groups is 1. The molecular formula is C15H14Cl2N2O3S. The van der Waals surface area contributed by atoms with Crippen molar-refractivity contribution in [3.05, 3.63) is 58.1 Å². The van der Waals surface area contributed by atoms with Crippen molar-refractivity contribution < 1.29 is 13.2 Å². The molecule has 8 heteroatoms. The SMILES string of the molecule is CN(c1ccc(Cl)c(C(=O)Nc2ccc(Cl)cc2)c1)S(C)(=O)=O. The van der Waals surface area contributed by atoms with E-state index in [0.717, 1.165) is 10.6 Å². The van der Waals surface area contributed by atoms with E-state index in [1.54, 1.807) is 24.3 Å². The zero-order chi connectivity index (χ0) is 17.2. The number of halogens is 2. The van der Waals surface area contributed by atoms with Gasteiger partial charge >= 0.3 is 0 Å². The lowest BCUT2D eigenvalue weighted by Gasteiger charge is -2.18. The summed E-state index contributed by atoms with van der Waals surface area (Å²) < 4.78 is 24.3.